The number of amides is 1. The number of nitrogens with zero attached hydrogens (tertiary/aromatic N) is 2. The summed E-state index contributed by atoms with van der Waals surface area (Å²) < 4.78 is 2.20. The van der Waals surface area contributed by atoms with Crippen molar-refractivity contribution in [2.24, 2.45) is 0 Å². The molecule has 1 atom stereocenters. The van der Waals surface area contributed by atoms with Crippen molar-refractivity contribution in [1.29, 1.82) is 0 Å². The first-order chi connectivity index (χ1) is 11.6. The average molecular weight is 358 g/mol. The second kappa shape index (κ2) is 7.11. The molecule has 0 saturated heterocycles. The molecule has 2 heterocycles. The smallest absolute Gasteiger partial charge is 0.243 e. The van der Waals surface area contributed by atoms with Crippen molar-refractivity contribution in [3.63, 3.8) is 0 Å². The lowest BCUT2D eigenvalue weighted by molar-refractivity contribution is -0.124. The minimum atomic E-state index is -0.446. The Bertz CT molecular complexity index is 895. The molecule has 3 aromatic rings. The van der Waals surface area contributed by atoms with Gasteiger partial charge in [0, 0.05) is 6.54 Å². The molecule has 0 bridgehead atoms. The van der Waals surface area contributed by atoms with E-state index in [-0.39, 0.29) is 5.91 Å². The fourth-order valence-electron chi connectivity index (χ4n) is 2.52. The minimum absolute atomic E-state index is 0.0909. The Morgan fingerprint density at radius 1 is 1.42 bits per heavy atom. The average Bonchev–Trinajstić information content (AvgIpc) is 3.21. The van der Waals surface area contributed by atoms with Crippen LogP contribution in [0.3, 0.4) is 0 Å². The maximum Gasteiger partial charge on any atom is 0.243 e. The SMILES string of the molecule is Cc1cccc(CNC(=O)C(C)n2c(-c3cccs3)n[nH]c2=S)c1. The third-order valence-corrected chi connectivity index (χ3v) is 4.92. The highest BCUT2D eigenvalue weighted by Crippen LogP contribution is 2.25. The summed E-state index contributed by atoms with van der Waals surface area (Å²) in [7, 11) is 0. The number of thiophene rings is 1. The highest BCUT2D eigenvalue weighted by Gasteiger charge is 2.21. The van der Waals surface area contributed by atoms with E-state index < -0.39 is 6.04 Å². The van der Waals surface area contributed by atoms with Crippen LogP contribution in [-0.2, 0) is 11.3 Å². The molecule has 7 heteroatoms. The van der Waals surface area contributed by atoms with Gasteiger partial charge in [0.2, 0.25) is 5.91 Å². The Morgan fingerprint density at radius 2 is 2.25 bits per heavy atom. The lowest BCUT2D eigenvalue weighted by Crippen LogP contribution is -2.31. The normalized spacial score (nSPS) is 12.1. The predicted molar refractivity (Wildman–Crippen MR) is 98.5 cm³/mol. The number of aromatic nitrogens is 3. The molecule has 3 rings (SSSR count). The van der Waals surface area contributed by atoms with Gasteiger partial charge in [-0.3, -0.25) is 14.5 Å². The topological polar surface area (TPSA) is 62.7 Å². The first kappa shape index (κ1) is 16.6. The maximum atomic E-state index is 12.6. The van der Waals surface area contributed by atoms with Crippen molar-refractivity contribution < 1.29 is 4.79 Å². The monoisotopic (exact) mass is 358 g/mol. The molecule has 1 aromatic carbocycles. The van der Waals surface area contributed by atoms with Gasteiger partial charge in [0.05, 0.1) is 4.88 Å². The molecule has 0 spiro atoms. The van der Waals surface area contributed by atoms with Crippen molar-refractivity contribution in [3.8, 4) is 10.7 Å². The molecular weight excluding hydrogens is 340 g/mol. The zero-order valence-electron chi connectivity index (χ0n) is 13.4. The van der Waals surface area contributed by atoms with E-state index in [1.54, 1.807) is 15.9 Å². The number of hydrogen-bond donors (Lipinski definition) is 2. The molecule has 0 aliphatic rings. The standard InChI is InChI=1S/C17H18N4OS2/c1-11-5-3-6-13(9-11)10-18-16(22)12(2)21-15(19-20-17(21)23)14-7-4-8-24-14/h3-9,12H,10H2,1-2H3,(H,18,22)(H,20,23). The van der Waals surface area contributed by atoms with Crippen molar-refractivity contribution in [2.45, 2.75) is 26.4 Å². The van der Waals surface area contributed by atoms with Gasteiger partial charge in [-0.2, -0.15) is 5.10 Å². The number of H-pyrrole nitrogens is 1. The number of benzene rings is 1. The second-order valence-electron chi connectivity index (χ2n) is 5.58. The van der Waals surface area contributed by atoms with E-state index in [9.17, 15) is 4.79 Å². The maximum absolute atomic E-state index is 12.6. The summed E-state index contributed by atoms with van der Waals surface area (Å²) in [5.41, 5.74) is 2.25. The van der Waals surface area contributed by atoms with Gasteiger partial charge < -0.3 is 5.32 Å². The lowest BCUT2D eigenvalue weighted by atomic mass is 10.1. The zero-order chi connectivity index (χ0) is 17.1. The second-order valence-corrected chi connectivity index (χ2v) is 6.92. The summed E-state index contributed by atoms with van der Waals surface area (Å²) in [6.45, 7) is 4.35. The van der Waals surface area contributed by atoms with Crippen molar-refractivity contribution in [1.82, 2.24) is 20.1 Å². The van der Waals surface area contributed by atoms with Crippen LogP contribution in [0.2, 0.25) is 0 Å². The van der Waals surface area contributed by atoms with Crippen LogP contribution in [-0.4, -0.2) is 20.7 Å². The van der Waals surface area contributed by atoms with E-state index in [1.807, 2.05) is 49.6 Å². The zero-order valence-corrected chi connectivity index (χ0v) is 15.1. The summed E-state index contributed by atoms with van der Waals surface area (Å²) in [5.74, 6) is 0.597. The summed E-state index contributed by atoms with van der Waals surface area (Å²) in [6.07, 6.45) is 0. The van der Waals surface area contributed by atoms with E-state index in [0.29, 0.717) is 17.1 Å². The predicted octanol–water partition coefficient (Wildman–Crippen LogP) is 3.86. The van der Waals surface area contributed by atoms with Gasteiger partial charge in [0.15, 0.2) is 10.6 Å². The highest BCUT2D eigenvalue weighted by molar-refractivity contribution is 7.71. The summed E-state index contributed by atoms with van der Waals surface area (Å²) in [6, 6.07) is 11.5. The van der Waals surface area contributed by atoms with E-state index >= 15 is 0 Å². The van der Waals surface area contributed by atoms with Gasteiger partial charge in [-0.25, -0.2) is 0 Å². The molecule has 5 nitrogen and oxygen atoms in total. The minimum Gasteiger partial charge on any atom is -0.350 e. The third-order valence-electron chi connectivity index (χ3n) is 3.76. The molecule has 0 fully saturated rings. The summed E-state index contributed by atoms with van der Waals surface area (Å²) >= 11 is 6.87. The number of aryl methyl sites for hydroxylation is 1. The highest BCUT2D eigenvalue weighted by atomic mass is 32.1. The lowest BCUT2D eigenvalue weighted by Gasteiger charge is -2.15. The van der Waals surface area contributed by atoms with Gasteiger partial charge in [0.25, 0.3) is 0 Å². The van der Waals surface area contributed by atoms with Crippen LogP contribution >= 0.6 is 23.6 Å². The fourth-order valence-corrected chi connectivity index (χ4v) is 3.52. The molecular formula is C17H18N4OS2. The van der Waals surface area contributed by atoms with Crippen LogP contribution in [0, 0.1) is 11.7 Å². The van der Waals surface area contributed by atoms with Crippen molar-refractivity contribution in [3.05, 3.63) is 57.7 Å². The Hall–Kier alpha value is -2.25. The van der Waals surface area contributed by atoms with E-state index in [1.165, 1.54) is 5.56 Å². The molecule has 2 N–H and O–H groups in total. The number of aromatic amines is 1. The van der Waals surface area contributed by atoms with E-state index in [2.05, 4.69) is 21.6 Å². The molecule has 0 aliphatic heterocycles. The van der Waals surface area contributed by atoms with Gasteiger partial charge in [-0.15, -0.1) is 11.3 Å². The summed E-state index contributed by atoms with van der Waals surface area (Å²) in [4.78, 5) is 13.5. The first-order valence-corrected chi connectivity index (χ1v) is 8.89. The largest absolute Gasteiger partial charge is 0.350 e. The molecule has 124 valence electrons. The molecule has 2 aromatic heterocycles. The molecule has 0 aliphatic carbocycles. The quantitative estimate of drug-likeness (QED) is 0.681. The first-order valence-electron chi connectivity index (χ1n) is 7.60. The molecule has 0 saturated carbocycles. The van der Waals surface area contributed by atoms with Crippen LogP contribution in [0.1, 0.15) is 24.1 Å². The number of carbonyl (C=O) groups is 1. The van der Waals surface area contributed by atoms with Gasteiger partial charge in [-0.1, -0.05) is 35.9 Å². The number of rotatable bonds is 5. The molecule has 1 amide bonds. The Balaban J connectivity index is 1.77. The van der Waals surface area contributed by atoms with Crippen LogP contribution in [0.15, 0.2) is 41.8 Å². The van der Waals surface area contributed by atoms with Crippen LogP contribution in [0.25, 0.3) is 10.7 Å². The number of nitrogens with one attached hydrogen (secondary N) is 2. The van der Waals surface area contributed by atoms with Crippen molar-refractivity contribution >= 4 is 29.5 Å². The van der Waals surface area contributed by atoms with Gasteiger partial charge >= 0.3 is 0 Å². The number of hydrogen-bond acceptors (Lipinski definition) is 4. The Labute approximate surface area is 149 Å². The van der Waals surface area contributed by atoms with Crippen LogP contribution < -0.4 is 5.32 Å². The van der Waals surface area contributed by atoms with Gasteiger partial charge in [0.1, 0.15) is 6.04 Å². The molecule has 0 radical (unpaired) electrons. The van der Waals surface area contributed by atoms with E-state index in [4.69, 9.17) is 12.2 Å². The fraction of sp³-hybridized carbons (Fsp3) is 0.235. The Kier molecular flexibility index (Phi) is 4.92. The third kappa shape index (κ3) is 3.47. The molecule has 24 heavy (non-hydrogen) atoms. The number of carbonyl (C=O) groups excluding carboxylic acids is 1. The Morgan fingerprint density at radius 3 is 2.96 bits per heavy atom. The van der Waals surface area contributed by atoms with Crippen LogP contribution in [0.5, 0.6) is 0 Å². The van der Waals surface area contributed by atoms with Gasteiger partial charge in [-0.05, 0) is 43.1 Å². The molecule has 1 unspecified atom stereocenters. The summed E-state index contributed by atoms with van der Waals surface area (Å²) in [5, 5.41) is 12.0. The van der Waals surface area contributed by atoms with Crippen LogP contribution in [0.4, 0.5) is 0 Å². The van der Waals surface area contributed by atoms with Crippen molar-refractivity contribution in [2.75, 3.05) is 0 Å². The van der Waals surface area contributed by atoms with E-state index in [0.717, 1.165) is 10.4 Å².